The molecule has 0 amide bonds. The zero-order valence-corrected chi connectivity index (χ0v) is 13.4. The van der Waals surface area contributed by atoms with E-state index in [9.17, 15) is 0 Å². The molecule has 1 aliphatic rings. The topological polar surface area (TPSA) is 39.7 Å². The minimum Gasteiger partial charge on any atom is -0.356 e. The summed E-state index contributed by atoms with van der Waals surface area (Å²) in [5, 5.41) is 6.79. The number of aliphatic imine (C=N–C) groups is 1. The minimum absolute atomic E-state index is 0.618. The normalized spacial score (nSPS) is 16.5. The van der Waals surface area contributed by atoms with E-state index >= 15 is 0 Å². The van der Waals surface area contributed by atoms with Crippen LogP contribution in [0.5, 0.6) is 0 Å². The summed E-state index contributed by atoms with van der Waals surface area (Å²) in [6.07, 6.45) is 3.91. The first kappa shape index (κ1) is 16.3. The van der Waals surface area contributed by atoms with Crippen LogP contribution < -0.4 is 10.6 Å². The highest BCUT2D eigenvalue weighted by Gasteiger charge is 2.21. The van der Waals surface area contributed by atoms with Crippen molar-refractivity contribution in [3.63, 3.8) is 0 Å². The van der Waals surface area contributed by atoms with Crippen molar-refractivity contribution in [2.24, 2.45) is 10.9 Å². The van der Waals surface area contributed by atoms with Gasteiger partial charge in [0.2, 0.25) is 0 Å². The summed E-state index contributed by atoms with van der Waals surface area (Å²) in [6, 6.07) is 1.24. The maximum Gasteiger partial charge on any atom is 0.190 e. The van der Waals surface area contributed by atoms with E-state index in [4.69, 9.17) is 0 Å². The van der Waals surface area contributed by atoms with Gasteiger partial charge in [0.15, 0.2) is 5.96 Å². The first-order valence-corrected chi connectivity index (χ1v) is 7.74. The summed E-state index contributed by atoms with van der Waals surface area (Å²) >= 11 is 0. The average molecular weight is 268 g/mol. The number of guanidine groups is 1. The Morgan fingerprint density at radius 1 is 1.16 bits per heavy atom. The summed E-state index contributed by atoms with van der Waals surface area (Å²) < 4.78 is 0. The van der Waals surface area contributed by atoms with Crippen LogP contribution in [0, 0.1) is 5.92 Å². The lowest BCUT2D eigenvalue weighted by Gasteiger charge is -2.30. The Labute approximate surface area is 119 Å². The molecule has 0 radical (unpaired) electrons. The first-order chi connectivity index (χ1) is 9.04. The molecule has 19 heavy (non-hydrogen) atoms. The molecule has 0 aromatic rings. The van der Waals surface area contributed by atoms with Gasteiger partial charge in [0, 0.05) is 38.8 Å². The Hall–Kier alpha value is -0.770. The fourth-order valence-electron chi connectivity index (χ4n) is 2.36. The highest BCUT2D eigenvalue weighted by atomic mass is 15.2. The molecule has 0 aliphatic heterocycles. The zero-order chi connectivity index (χ0) is 14.3. The molecule has 0 bridgehead atoms. The van der Waals surface area contributed by atoms with E-state index in [0.717, 1.165) is 37.9 Å². The van der Waals surface area contributed by atoms with Crippen molar-refractivity contribution in [2.45, 2.75) is 59.0 Å². The molecule has 2 N–H and O–H groups in total. The molecule has 0 aromatic carbocycles. The monoisotopic (exact) mass is 268 g/mol. The molecular formula is C15H32N4. The van der Waals surface area contributed by atoms with Crippen LogP contribution in [0.4, 0.5) is 0 Å². The van der Waals surface area contributed by atoms with Crippen LogP contribution in [-0.4, -0.2) is 49.6 Å². The van der Waals surface area contributed by atoms with Crippen LogP contribution in [0.15, 0.2) is 4.99 Å². The van der Waals surface area contributed by atoms with Gasteiger partial charge < -0.3 is 10.6 Å². The van der Waals surface area contributed by atoms with Crippen molar-refractivity contribution in [1.29, 1.82) is 0 Å². The Kier molecular flexibility index (Phi) is 7.21. The number of nitrogens with zero attached hydrogens (tertiary/aromatic N) is 2. The number of nitrogens with one attached hydrogen (secondary N) is 2. The second-order valence-electron chi connectivity index (χ2n) is 6.10. The fraction of sp³-hybridized carbons (Fsp3) is 0.933. The molecule has 1 rings (SSSR count). The summed E-state index contributed by atoms with van der Waals surface area (Å²) in [5.74, 6) is 1.84. The van der Waals surface area contributed by atoms with Gasteiger partial charge in [-0.25, -0.2) is 0 Å². The van der Waals surface area contributed by atoms with Crippen LogP contribution in [0.2, 0.25) is 0 Å². The number of hydrogen-bond acceptors (Lipinski definition) is 2. The molecule has 0 unspecified atom stereocenters. The summed E-state index contributed by atoms with van der Waals surface area (Å²) in [4.78, 5) is 6.79. The SMILES string of the molecule is CN=C(NCCCN(C(C)C)C(C)C)NCC1CC1. The molecule has 0 atom stereocenters. The van der Waals surface area contributed by atoms with Crippen molar-refractivity contribution in [2.75, 3.05) is 26.7 Å². The van der Waals surface area contributed by atoms with Crippen LogP contribution in [0.3, 0.4) is 0 Å². The maximum atomic E-state index is 4.26. The molecule has 112 valence electrons. The summed E-state index contributed by atoms with van der Waals surface area (Å²) in [5.41, 5.74) is 0. The lowest BCUT2D eigenvalue weighted by atomic mass is 10.2. The van der Waals surface area contributed by atoms with Gasteiger partial charge in [-0.05, 0) is 52.9 Å². The second-order valence-corrected chi connectivity index (χ2v) is 6.10. The fourth-order valence-corrected chi connectivity index (χ4v) is 2.36. The van der Waals surface area contributed by atoms with Gasteiger partial charge in [-0.1, -0.05) is 0 Å². The third-order valence-corrected chi connectivity index (χ3v) is 3.69. The Bertz CT molecular complexity index is 261. The van der Waals surface area contributed by atoms with Gasteiger partial charge in [0.05, 0.1) is 0 Å². The molecule has 4 nitrogen and oxygen atoms in total. The molecule has 4 heteroatoms. The van der Waals surface area contributed by atoms with Crippen LogP contribution in [0.1, 0.15) is 47.0 Å². The van der Waals surface area contributed by atoms with E-state index in [1.165, 1.54) is 12.8 Å². The van der Waals surface area contributed by atoms with Gasteiger partial charge in [-0.15, -0.1) is 0 Å². The van der Waals surface area contributed by atoms with Crippen molar-refractivity contribution >= 4 is 5.96 Å². The molecule has 1 fully saturated rings. The lowest BCUT2D eigenvalue weighted by molar-refractivity contribution is 0.173. The van der Waals surface area contributed by atoms with Gasteiger partial charge in [-0.3, -0.25) is 9.89 Å². The highest BCUT2D eigenvalue weighted by molar-refractivity contribution is 5.79. The molecule has 1 aliphatic carbocycles. The van der Waals surface area contributed by atoms with E-state index in [0.29, 0.717) is 12.1 Å². The van der Waals surface area contributed by atoms with Gasteiger partial charge in [0.1, 0.15) is 0 Å². The van der Waals surface area contributed by atoms with Crippen molar-refractivity contribution in [1.82, 2.24) is 15.5 Å². The van der Waals surface area contributed by atoms with Crippen molar-refractivity contribution < 1.29 is 0 Å². The van der Waals surface area contributed by atoms with Gasteiger partial charge >= 0.3 is 0 Å². The van der Waals surface area contributed by atoms with E-state index in [-0.39, 0.29) is 0 Å². The van der Waals surface area contributed by atoms with Crippen molar-refractivity contribution in [3.05, 3.63) is 0 Å². The third kappa shape index (κ3) is 6.81. The van der Waals surface area contributed by atoms with E-state index in [1.54, 1.807) is 0 Å². The zero-order valence-electron chi connectivity index (χ0n) is 13.4. The minimum atomic E-state index is 0.618. The Balaban J connectivity index is 2.13. The maximum absolute atomic E-state index is 4.26. The molecule has 1 saturated carbocycles. The molecule has 0 saturated heterocycles. The number of rotatable bonds is 8. The van der Waals surface area contributed by atoms with E-state index < -0.39 is 0 Å². The number of hydrogen-bond donors (Lipinski definition) is 2. The van der Waals surface area contributed by atoms with Crippen molar-refractivity contribution in [3.8, 4) is 0 Å². The molecule has 0 heterocycles. The predicted octanol–water partition coefficient (Wildman–Crippen LogP) is 2.07. The molecule has 0 spiro atoms. The van der Waals surface area contributed by atoms with Crippen LogP contribution in [0.25, 0.3) is 0 Å². The molecule has 0 aromatic heterocycles. The average Bonchev–Trinajstić information content (AvgIpc) is 3.15. The summed E-state index contributed by atoms with van der Waals surface area (Å²) in [7, 11) is 1.84. The Morgan fingerprint density at radius 2 is 1.79 bits per heavy atom. The highest BCUT2D eigenvalue weighted by Crippen LogP contribution is 2.27. The van der Waals surface area contributed by atoms with Gasteiger partial charge in [0.25, 0.3) is 0 Å². The van der Waals surface area contributed by atoms with Crippen LogP contribution in [-0.2, 0) is 0 Å². The largest absolute Gasteiger partial charge is 0.356 e. The van der Waals surface area contributed by atoms with Crippen LogP contribution >= 0.6 is 0 Å². The molecular weight excluding hydrogens is 236 g/mol. The smallest absolute Gasteiger partial charge is 0.190 e. The Morgan fingerprint density at radius 3 is 2.26 bits per heavy atom. The lowest BCUT2D eigenvalue weighted by Crippen LogP contribution is -2.41. The van der Waals surface area contributed by atoms with Gasteiger partial charge in [-0.2, -0.15) is 0 Å². The first-order valence-electron chi connectivity index (χ1n) is 7.74. The quantitative estimate of drug-likeness (QED) is 0.402. The summed E-state index contributed by atoms with van der Waals surface area (Å²) in [6.45, 7) is 12.3. The second kappa shape index (κ2) is 8.41. The van der Waals surface area contributed by atoms with E-state index in [1.807, 2.05) is 7.05 Å². The standard InChI is InChI=1S/C15H32N4/c1-12(2)19(13(3)4)10-6-9-17-15(16-5)18-11-14-7-8-14/h12-14H,6-11H2,1-5H3,(H2,16,17,18). The predicted molar refractivity (Wildman–Crippen MR) is 83.7 cm³/mol. The third-order valence-electron chi connectivity index (χ3n) is 3.69. The van der Waals surface area contributed by atoms with E-state index in [2.05, 4.69) is 48.2 Å².